The van der Waals surface area contributed by atoms with Gasteiger partial charge in [0.25, 0.3) is 5.88 Å². The van der Waals surface area contributed by atoms with Gasteiger partial charge in [0.2, 0.25) is 5.82 Å². The van der Waals surface area contributed by atoms with E-state index in [1.54, 1.807) is 6.92 Å². The lowest BCUT2D eigenvalue weighted by atomic mass is 10.6. The second kappa shape index (κ2) is 5.11. The van der Waals surface area contributed by atoms with Crippen molar-refractivity contribution < 1.29 is 18.7 Å². The number of aromatic nitrogens is 2. The quantitative estimate of drug-likeness (QED) is 0.664. The number of halogens is 1. The second-order valence-electron chi connectivity index (χ2n) is 2.27. The molecule has 76 valence electrons. The van der Waals surface area contributed by atoms with Gasteiger partial charge in [-0.05, 0) is 6.92 Å². The average Bonchev–Trinajstić information content (AvgIpc) is 2.17. The predicted molar refractivity (Wildman–Crippen MR) is 44.1 cm³/mol. The van der Waals surface area contributed by atoms with E-state index in [0.717, 1.165) is 12.5 Å². The van der Waals surface area contributed by atoms with Gasteiger partial charge in [0, 0.05) is 0 Å². The van der Waals surface area contributed by atoms with Crippen LogP contribution in [0.1, 0.15) is 6.92 Å². The maximum absolute atomic E-state index is 12.8. The zero-order valence-electron chi connectivity index (χ0n) is 7.57. The highest BCUT2D eigenvalue weighted by Gasteiger charge is 2.07. The van der Waals surface area contributed by atoms with E-state index >= 15 is 0 Å². The molecular formula is C8H9FN2O3. The third kappa shape index (κ3) is 2.96. The highest BCUT2D eigenvalue weighted by atomic mass is 19.1. The van der Waals surface area contributed by atoms with Crippen molar-refractivity contribution in [2.24, 2.45) is 0 Å². The molecule has 5 nitrogen and oxygen atoms in total. The summed E-state index contributed by atoms with van der Waals surface area (Å²) < 4.78 is 22.1. The number of hydrogen-bond acceptors (Lipinski definition) is 5. The smallest absolute Gasteiger partial charge is 0.344 e. The number of esters is 1. The van der Waals surface area contributed by atoms with Crippen molar-refractivity contribution in [2.75, 3.05) is 13.2 Å². The molecule has 14 heavy (non-hydrogen) atoms. The molecule has 1 rings (SSSR count). The molecule has 0 fully saturated rings. The molecule has 0 aliphatic heterocycles. The first-order valence-corrected chi connectivity index (χ1v) is 3.98. The molecule has 0 atom stereocenters. The summed E-state index contributed by atoms with van der Waals surface area (Å²) in [4.78, 5) is 17.7. The number of carbonyl (C=O) groups excluding carboxylic acids is 1. The zero-order valence-corrected chi connectivity index (χ0v) is 7.57. The van der Waals surface area contributed by atoms with Crippen LogP contribution in [0.4, 0.5) is 4.39 Å². The highest BCUT2D eigenvalue weighted by Crippen LogP contribution is 2.09. The number of hydrogen-bond donors (Lipinski definition) is 0. The predicted octanol–water partition coefficient (Wildman–Crippen LogP) is 0.558. The second-order valence-corrected chi connectivity index (χ2v) is 2.27. The lowest BCUT2D eigenvalue weighted by Gasteiger charge is -2.04. The minimum absolute atomic E-state index is 0.256. The topological polar surface area (TPSA) is 61.3 Å². The molecule has 0 aliphatic carbocycles. The van der Waals surface area contributed by atoms with Crippen molar-refractivity contribution in [3.8, 4) is 5.88 Å². The maximum Gasteiger partial charge on any atom is 0.344 e. The van der Waals surface area contributed by atoms with Gasteiger partial charge in [0.15, 0.2) is 6.61 Å². The fraction of sp³-hybridized carbons (Fsp3) is 0.375. The van der Waals surface area contributed by atoms with Gasteiger partial charge < -0.3 is 9.47 Å². The van der Waals surface area contributed by atoms with Crippen molar-refractivity contribution in [1.82, 2.24) is 9.97 Å². The molecule has 0 aromatic carbocycles. The van der Waals surface area contributed by atoms with Crippen molar-refractivity contribution >= 4 is 5.97 Å². The Morgan fingerprint density at radius 2 is 2.43 bits per heavy atom. The summed E-state index contributed by atoms with van der Waals surface area (Å²) in [5.41, 5.74) is 0. The van der Waals surface area contributed by atoms with Crippen molar-refractivity contribution in [1.29, 1.82) is 0 Å². The van der Waals surface area contributed by atoms with Gasteiger partial charge >= 0.3 is 5.97 Å². The minimum Gasteiger partial charge on any atom is -0.464 e. The number of rotatable bonds is 4. The van der Waals surface area contributed by atoms with Crippen LogP contribution >= 0.6 is 0 Å². The van der Waals surface area contributed by atoms with Crippen LogP contribution in [0.5, 0.6) is 5.88 Å². The Labute approximate surface area is 79.9 Å². The Kier molecular flexibility index (Phi) is 3.78. The van der Waals surface area contributed by atoms with E-state index in [1.807, 2.05) is 0 Å². The lowest BCUT2D eigenvalue weighted by molar-refractivity contribution is -0.145. The average molecular weight is 200 g/mol. The van der Waals surface area contributed by atoms with Crippen LogP contribution in [0, 0.1) is 5.82 Å². The Hall–Kier alpha value is -1.72. The summed E-state index contributed by atoms with van der Waals surface area (Å²) in [6, 6.07) is 0. The molecule has 0 amide bonds. The van der Waals surface area contributed by atoms with Crippen molar-refractivity contribution in [3.63, 3.8) is 0 Å². The third-order valence-corrected chi connectivity index (χ3v) is 1.27. The van der Waals surface area contributed by atoms with Crippen LogP contribution in [-0.2, 0) is 9.53 Å². The van der Waals surface area contributed by atoms with E-state index in [0.29, 0.717) is 0 Å². The molecule has 0 bridgehead atoms. The van der Waals surface area contributed by atoms with Gasteiger partial charge in [-0.25, -0.2) is 9.78 Å². The molecular weight excluding hydrogens is 191 g/mol. The summed E-state index contributed by atoms with van der Waals surface area (Å²) in [6.07, 6.45) is 2.08. The fourth-order valence-electron chi connectivity index (χ4n) is 0.738. The Balaban J connectivity index is 2.46. The molecule has 0 N–H and O–H groups in total. The Morgan fingerprint density at radius 1 is 1.64 bits per heavy atom. The molecule has 1 heterocycles. The molecule has 0 radical (unpaired) electrons. The fourth-order valence-corrected chi connectivity index (χ4v) is 0.738. The van der Waals surface area contributed by atoms with E-state index < -0.39 is 11.8 Å². The van der Waals surface area contributed by atoms with E-state index in [1.165, 1.54) is 0 Å². The number of ether oxygens (including phenoxy) is 2. The number of carbonyl (C=O) groups is 1. The standard InChI is InChI=1S/C8H9FN2O3/c1-2-13-7(12)4-14-8-6(9)3-10-5-11-8/h3,5H,2,4H2,1H3. The van der Waals surface area contributed by atoms with Crippen LogP contribution in [0.15, 0.2) is 12.5 Å². The van der Waals surface area contributed by atoms with E-state index in [4.69, 9.17) is 4.74 Å². The Morgan fingerprint density at radius 3 is 3.07 bits per heavy atom. The monoisotopic (exact) mass is 200 g/mol. The highest BCUT2D eigenvalue weighted by molar-refractivity contribution is 5.70. The van der Waals surface area contributed by atoms with Crippen molar-refractivity contribution in [3.05, 3.63) is 18.3 Å². The molecule has 0 unspecified atom stereocenters. The van der Waals surface area contributed by atoms with Crippen molar-refractivity contribution in [2.45, 2.75) is 6.92 Å². The zero-order chi connectivity index (χ0) is 10.4. The van der Waals surface area contributed by atoms with Gasteiger partial charge in [-0.15, -0.1) is 0 Å². The first kappa shape index (κ1) is 10.4. The molecule has 1 aromatic heterocycles. The lowest BCUT2D eigenvalue weighted by Crippen LogP contribution is -2.15. The van der Waals surface area contributed by atoms with Crippen LogP contribution in [0.3, 0.4) is 0 Å². The van der Waals surface area contributed by atoms with E-state index in [-0.39, 0.29) is 19.1 Å². The molecule has 0 saturated carbocycles. The molecule has 0 aliphatic rings. The van der Waals surface area contributed by atoms with Gasteiger partial charge in [0.05, 0.1) is 12.8 Å². The largest absolute Gasteiger partial charge is 0.464 e. The third-order valence-electron chi connectivity index (χ3n) is 1.27. The molecule has 0 saturated heterocycles. The summed E-state index contributed by atoms with van der Waals surface area (Å²) in [6.45, 7) is 1.57. The SMILES string of the molecule is CCOC(=O)COc1ncncc1F. The van der Waals surface area contributed by atoms with Crippen LogP contribution in [0.2, 0.25) is 0 Å². The minimum atomic E-state index is -0.711. The van der Waals surface area contributed by atoms with Crippen LogP contribution < -0.4 is 4.74 Å². The molecule has 1 aromatic rings. The summed E-state index contributed by atoms with van der Waals surface area (Å²) in [5, 5.41) is 0. The van der Waals surface area contributed by atoms with Gasteiger partial charge in [0.1, 0.15) is 6.33 Å². The normalized spacial score (nSPS) is 9.57. The van der Waals surface area contributed by atoms with Gasteiger partial charge in [-0.2, -0.15) is 9.37 Å². The summed E-state index contributed by atoms with van der Waals surface area (Å²) in [5.74, 6) is -1.53. The summed E-state index contributed by atoms with van der Waals surface area (Å²) >= 11 is 0. The van der Waals surface area contributed by atoms with Crippen LogP contribution in [0.25, 0.3) is 0 Å². The molecule has 0 spiro atoms. The van der Waals surface area contributed by atoms with E-state index in [9.17, 15) is 9.18 Å². The Bertz CT molecular complexity index is 319. The van der Waals surface area contributed by atoms with Gasteiger partial charge in [-0.3, -0.25) is 0 Å². The first-order chi connectivity index (χ1) is 6.74. The van der Waals surface area contributed by atoms with E-state index in [2.05, 4.69) is 14.7 Å². The first-order valence-electron chi connectivity index (χ1n) is 3.98. The maximum atomic E-state index is 12.8. The van der Waals surface area contributed by atoms with Gasteiger partial charge in [-0.1, -0.05) is 0 Å². The number of nitrogens with zero attached hydrogens (tertiary/aromatic N) is 2. The van der Waals surface area contributed by atoms with Crippen LogP contribution in [-0.4, -0.2) is 29.2 Å². The molecule has 6 heteroatoms. The summed E-state index contributed by atoms with van der Waals surface area (Å²) in [7, 11) is 0.